The topological polar surface area (TPSA) is 138 Å². The molecule has 4 N–H and O–H groups in total. The van der Waals surface area contributed by atoms with Crippen LogP contribution in [0.1, 0.15) is 5.56 Å². The van der Waals surface area contributed by atoms with Crippen LogP contribution in [0.2, 0.25) is 0 Å². The number of amides is 1. The number of anilines is 2. The third kappa shape index (κ3) is 5.68. The van der Waals surface area contributed by atoms with Crippen LogP contribution >= 0.6 is 27.7 Å². The van der Waals surface area contributed by atoms with Crippen molar-refractivity contribution in [1.29, 1.82) is 0 Å². The number of nitrogen functional groups attached to an aromatic ring is 1. The van der Waals surface area contributed by atoms with Crippen molar-refractivity contribution in [2.45, 2.75) is 5.16 Å². The number of fused-ring (bicyclic) bond motifs is 1. The highest BCUT2D eigenvalue weighted by atomic mass is 79.9. The molecular formula is C20H20BrN7O4S. The van der Waals surface area contributed by atoms with E-state index in [0.29, 0.717) is 41.3 Å². The maximum atomic E-state index is 12.3. The number of hydrogen-bond acceptors (Lipinski definition) is 10. The summed E-state index contributed by atoms with van der Waals surface area (Å²) in [6, 6.07) is 10.8. The van der Waals surface area contributed by atoms with Crippen LogP contribution in [0.5, 0.6) is 17.2 Å². The molecule has 0 unspecified atom stereocenters. The zero-order valence-corrected chi connectivity index (χ0v) is 19.9. The fourth-order valence-corrected chi connectivity index (χ4v) is 3.90. The molecule has 33 heavy (non-hydrogen) atoms. The predicted octanol–water partition coefficient (Wildman–Crippen LogP) is 2.71. The molecule has 0 spiro atoms. The fraction of sp³-hybridized carbons (Fsp3) is 0.200. The first-order valence-corrected chi connectivity index (χ1v) is 11.5. The average Bonchev–Trinajstić information content (AvgIpc) is 3.17. The Morgan fingerprint density at radius 2 is 2.09 bits per heavy atom. The number of nitrogens with one attached hydrogen (secondary N) is 2. The van der Waals surface area contributed by atoms with Gasteiger partial charge in [-0.1, -0.05) is 27.7 Å². The van der Waals surface area contributed by atoms with Gasteiger partial charge >= 0.3 is 0 Å². The number of hydrazone groups is 1. The highest BCUT2D eigenvalue weighted by molar-refractivity contribution is 9.10. The molecule has 0 atom stereocenters. The molecule has 2 heterocycles. The molecule has 0 saturated carbocycles. The largest absolute Gasteiger partial charge is 0.496 e. The summed E-state index contributed by atoms with van der Waals surface area (Å²) < 4.78 is 18.4. The fourth-order valence-electron chi connectivity index (χ4n) is 2.87. The lowest BCUT2D eigenvalue weighted by Crippen LogP contribution is -2.18. The molecule has 11 nitrogen and oxygen atoms in total. The van der Waals surface area contributed by atoms with Gasteiger partial charge < -0.3 is 25.4 Å². The molecule has 0 bridgehead atoms. The minimum atomic E-state index is -0.228. The molecule has 1 aliphatic rings. The smallest absolute Gasteiger partial charge is 0.264 e. The number of halogens is 1. The summed E-state index contributed by atoms with van der Waals surface area (Å²) in [7, 11) is 1.58. The van der Waals surface area contributed by atoms with E-state index in [9.17, 15) is 4.79 Å². The Balaban J connectivity index is 1.32. The van der Waals surface area contributed by atoms with Crippen molar-refractivity contribution in [2.75, 3.05) is 42.7 Å². The van der Waals surface area contributed by atoms with Crippen LogP contribution in [0.4, 0.5) is 11.6 Å². The maximum Gasteiger partial charge on any atom is 0.264 e. The molecule has 3 aromatic rings. The molecule has 1 aromatic heterocycles. The molecule has 0 radical (unpaired) electrons. The first kappa shape index (κ1) is 22.7. The number of benzene rings is 2. The van der Waals surface area contributed by atoms with Crippen molar-refractivity contribution in [2.24, 2.45) is 5.10 Å². The summed E-state index contributed by atoms with van der Waals surface area (Å²) in [6.07, 6.45) is 1.58. The Kier molecular flexibility index (Phi) is 7.19. The van der Waals surface area contributed by atoms with Crippen molar-refractivity contribution in [3.8, 4) is 17.2 Å². The highest BCUT2D eigenvalue weighted by Gasteiger charge is 2.15. The van der Waals surface area contributed by atoms with Crippen LogP contribution in [0, 0.1) is 0 Å². The second kappa shape index (κ2) is 10.4. The minimum absolute atomic E-state index is 0.0856. The van der Waals surface area contributed by atoms with E-state index in [0.717, 1.165) is 21.8 Å². The van der Waals surface area contributed by atoms with Gasteiger partial charge in [0.05, 0.1) is 19.1 Å². The van der Waals surface area contributed by atoms with E-state index in [1.807, 2.05) is 18.2 Å². The third-order valence-corrected chi connectivity index (χ3v) is 5.82. The lowest BCUT2D eigenvalue weighted by atomic mass is 10.2. The molecule has 13 heteroatoms. The van der Waals surface area contributed by atoms with E-state index in [1.165, 1.54) is 4.68 Å². The van der Waals surface area contributed by atoms with Crippen LogP contribution < -0.4 is 30.8 Å². The lowest BCUT2D eigenvalue weighted by Gasteiger charge is -2.18. The first-order valence-electron chi connectivity index (χ1n) is 9.69. The standard InChI is InChI=1S/C20H20BrN7O4S/c1-30-15-4-2-13(21)8-12(15)10-23-25-19-26-27-20(28(19)22)33-11-18(29)24-14-3-5-16-17(9-14)32-7-6-31-16/h2-5,8-10H,6-7,11,22H2,1H3,(H,24,29)(H,25,26)/b23-10+. The highest BCUT2D eigenvalue weighted by Crippen LogP contribution is 2.32. The van der Waals surface area contributed by atoms with Gasteiger partial charge in [-0.2, -0.15) is 5.10 Å². The molecule has 0 aliphatic carbocycles. The quantitative estimate of drug-likeness (QED) is 0.172. The number of nitrogens with two attached hydrogens (primary N) is 1. The van der Waals surface area contributed by atoms with Crippen LogP contribution in [0.15, 0.2) is 51.1 Å². The summed E-state index contributed by atoms with van der Waals surface area (Å²) in [5.74, 6) is 8.02. The van der Waals surface area contributed by atoms with E-state index in [1.54, 1.807) is 31.5 Å². The predicted molar refractivity (Wildman–Crippen MR) is 129 cm³/mol. The van der Waals surface area contributed by atoms with Crippen LogP contribution in [0.3, 0.4) is 0 Å². The first-order chi connectivity index (χ1) is 16.0. The van der Waals surface area contributed by atoms with Crippen LogP contribution in [-0.2, 0) is 4.79 Å². The number of methoxy groups -OCH3 is 1. The number of carbonyl (C=O) groups is 1. The Hall–Kier alpha value is -3.45. The second-order valence-corrected chi connectivity index (χ2v) is 8.49. The van der Waals surface area contributed by atoms with Gasteiger partial charge in [-0.25, -0.2) is 10.1 Å². The van der Waals surface area contributed by atoms with E-state index < -0.39 is 0 Å². The van der Waals surface area contributed by atoms with Gasteiger partial charge in [0, 0.05) is 21.8 Å². The Morgan fingerprint density at radius 3 is 2.91 bits per heavy atom. The SMILES string of the molecule is COc1ccc(Br)cc1/C=N/Nc1nnc(SCC(=O)Nc2ccc3c(c2)OCCO3)n1N. The molecule has 1 aliphatic heterocycles. The number of nitrogens with zero attached hydrogens (tertiary/aromatic N) is 4. The average molecular weight is 534 g/mol. The van der Waals surface area contributed by atoms with Crippen molar-refractivity contribution >= 4 is 51.4 Å². The molecular weight excluding hydrogens is 514 g/mol. The molecule has 172 valence electrons. The normalized spacial score (nSPS) is 12.5. The van der Waals surface area contributed by atoms with Gasteiger partial charge in [0.1, 0.15) is 19.0 Å². The summed E-state index contributed by atoms with van der Waals surface area (Å²) in [5, 5.41) is 15.2. The Bertz CT molecular complexity index is 1190. The van der Waals surface area contributed by atoms with Crippen molar-refractivity contribution in [1.82, 2.24) is 14.9 Å². The van der Waals surface area contributed by atoms with E-state index in [-0.39, 0.29) is 17.6 Å². The zero-order chi connectivity index (χ0) is 23.2. The molecule has 1 amide bonds. The summed E-state index contributed by atoms with van der Waals surface area (Å²) >= 11 is 4.55. The van der Waals surface area contributed by atoms with Gasteiger partial charge in [0.2, 0.25) is 11.1 Å². The number of thioether (sulfide) groups is 1. The summed E-state index contributed by atoms with van der Waals surface area (Å²) in [5.41, 5.74) is 4.10. The van der Waals surface area contributed by atoms with Gasteiger partial charge in [-0.05, 0) is 30.3 Å². The van der Waals surface area contributed by atoms with Gasteiger partial charge in [-0.3, -0.25) is 4.79 Å². The Labute approximate surface area is 201 Å². The lowest BCUT2D eigenvalue weighted by molar-refractivity contribution is -0.113. The number of ether oxygens (including phenoxy) is 3. The van der Waals surface area contributed by atoms with Crippen molar-refractivity contribution in [3.05, 3.63) is 46.4 Å². The summed E-state index contributed by atoms with van der Waals surface area (Å²) in [4.78, 5) is 12.3. The van der Waals surface area contributed by atoms with Gasteiger partial charge in [0.25, 0.3) is 5.95 Å². The van der Waals surface area contributed by atoms with Gasteiger partial charge in [0.15, 0.2) is 11.5 Å². The monoisotopic (exact) mass is 533 g/mol. The number of rotatable bonds is 8. The zero-order valence-electron chi connectivity index (χ0n) is 17.4. The molecule has 2 aromatic carbocycles. The van der Waals surface area contributed by atoms with E-state index >= 15 is 0 Å². The van der Waals surface area contributed by atoms with Crippen molar-refractivity contribution in [3.63, 3.8) is 0 Å². The maximum absolute atomic E-state index is 12.3. The summed E-state index contributed by atoms with van der Waals surface area (Å²) in [6.45, 7) is 0.985. The number of hydrogen-bond donors (Lipinski definition) is 3. The number of carbonyl (C=O) groups excluding carboxylic acids is 1. The van der Waals surface area contributed by atoms with E-state index in [2.05, 4.69) is 42.0 Å². The van der Waals surface area contributed by atoms with E-state index in [4.69, 9.17) is 20.1 Å². The minimum Gasteiger partial charge on any atom is -0.496 e. The van der Waals surface area contributed by atoms with Gasteiger partial charge in [-0.15, -0.1) is 10.2 Å². The van der Waals surface area contributed by atoms with Crippen LogP contribution in [-0.4, -0.2) is 53.1 Å². The van der Waals surface area contributed by atoms with Crippen LogP contribution in [0.25, 0.3) is 0 Å². The Morgan fingerprint density at radius 1 is 1.27 bits per heavy atom. The molecule has 4 rings (SSSR count). The second-order valence-electron chi connectivity index (χ2n) is 6.63. The molecule has 0 saturated heterocycles. The van der Waals surface area contributed by atoms with Crippen molar-refractivity contribution < 1.29 is 19.0 Å². The molecule has 0 fully saturated rings. The number of aromatic nitrogens is 3. The third-order valence-electron chi connectivity index (χ3n) is 4.38.